The molecule has 1 atom stereocenters. The summed E-state index contributed by atoms with van der Waals surface area (Å²) in [6, 6.07) is 18.8. The molecule has 2 aromatic carbocycles. The zero-order valence-electron chi connectivity index (χ0n) is 18.1. The molecule has 0 radical (unpaired) electrons. The van der Waals surface area contributed by atoms with Crippen molar-refractivity contribution in [2.24, 2.45) is 0 Å². The Hall–Kier alpha value is -4.00. The van der Waals surface area contributed by atoms with E-state index in [0.29, 0.717) is 19.6 Å². The van der Waals surface area contributed by atoms with Crippen LogP contribution in [0.1, 0.15) is 47.9 Å². The summed E-state index contributed by atoms with van der Waals surface area (Å²) >= 11 is 0. The van der Waals surface area contributed by atoms with Gasteiger partial charge in [0.25, 0.3) is 5.91 Å². The van der Waals surface area contributed by atoms with Crippen LogP contribution in [0.15, 0.2) is 83.8 Å². The highest BCUT2D eigenvalue weighted by atomic mass is 16.5. The van der Waals surface area contributed by atoms with E-state index in [1.54, 1.807) is 15.8 Å². The summed E-state index contributed by atoms with van der Waals surface area (Å²) in [6.45, 7) is 1.30. The summed E-state index contributed by atoms with van der Waals surface area (Å²) in [5, 5.41) is 12.6. The molecule has 2 bridgehead atoms. The molecule has 176 valence electrons. The van der Waals surface area contributed by atoms with Gasteiger partial charge in [-0.15, -0.1) is 0 Å². The SMILES string of the molecule is C.O=C1c2c(O)c(=O)ccn2N2CN1CC/C=C/CCOc1ccccc1[C@@H]2c1ccccc1. The Morgan fingerprint density at radius 3 is 2.47 bits per heavy atom. The highest BCUT2D eigenvalue weighted by Gasteiger charge is 2.37. The van der Waals surface area contributed by atoms with Gasteiger partial charge in [-0.2, -0.15) is 0 Å². The Morgan fingerprint density at radius 2 is 1.65 bits per heavy atom. The van der Waals surface area contributed by atoms with E-state index in [4.69, 9.17) is 4.74 Å². The molecule has 7 nitrogen and oxygen atoms in total. The average molecular weight is 460 g/mol. The molecule has 0 saturated heterocycles. The molecule has 0 fully saturated rings. The smallest absolute Gasteiger partial charge is 0.277 e. The van der Waals surface area contributed by atoms with Crippen molar-refractivity contribution in [3.63, 3.8) is 0 Å². The minimum atomic E-state index is -0.575. The Morgan fingerprint density at radius 1 is 0.912 bits per heavy atom. The number of benzene rings is 2. The molecule has 0 unspecified atom stereocenters. The number of hydrogen-bond acceptors (Lipinski definition) is 5. The first-order valence-corrected chi connectivity index (χ1v) is 11.1. The fourth-order valence-corrected chi connectivity index (χ4v) is 4.45. The molecular weight excluding hydrogens is 430 g/mol. The van der Waals surface area contributed by atoms with Gasteiger partial charge in [0, 0.05) is 24.4 Å². The van der Waals surface area contributed by atoms with E-state index in [0.717, 1.165) is 23.3 Å². The standard InChI is InChI=1S/C26H25N3O4.CH4/c30-21-14-16-28-24(25(21)31)26(32)27-15-8-1-2-9-17-33-22-13-7-6-12-20(22)23(29(28)18-27)19-10-4-3-5-11-19;/h1-7,10-14,16,23,31H,8-9,15,17-18H2;1H4/b2-1+;/t23-;/m0./s1. The first-order chi connectivity index (χ1) is 16.1. The van der Waals surface area contributed by atoms with Crippen molar-refractivity contribution in [1.29, 1.82) is 0 Å². The monoisotopic (exact) mass is 459 g/mol. The third kappa shape index (κ3) is 4.17. The largest absolute Gasteiger partial charge is 0.502 e. The van der Waals surface area contributed by atoms with Gasteiger partial charge in [-0.25, -0.2) is 0 Å². The van der Waals surface area contributed by atoms with Gasteiger partial charge < -0.3 is 14.7 Å². The number of aromatic hydroxyl groups is 1. The highest BCUT2D eigenvalue weighted by molar-refractivity contribution is 5.96. The fraction of sp³-hybridized carbons (Fsp3) is 0.259. The van der Waals surface area contributed by atoms with E-state index < -0.39 is 11.2 Å². The number of rotatable bonds is 1. The Bertz CT molecular complexity index is 1250. The van der Waals surface area contributed by atoms with Crippen LogP contribution in [0.2, 0.25) is 0 Å². The van der Waals surface area contributed by atoms with Crippen molar-refractivity contribution in [3.05, 3.63) is 106 Å². The first kappa shape index (κ1) is 23.2. The minimum absolute atomic E-state index is 0. The Balaban J connectivity index is 0.00000274. The second-order valence-corrected chi connectivity index (χ2v) is 8.12. The maximum atomic E-state index is 13.3. The van der Waals surface area contributed by atoms with E-state index in [1.807, 2.05) is 65.7 Å². The van der Waals surface area contributed by atoms with Gasteiger partial charge >= 0.3 is 0 Å². The maximum Gasteiger partial charge on any atom is 0.277 e. The third-order valence-corrected chi connectivity index (χ3v) is 6.04. The summed E-state index contributed by atoms with van der Waals surface area (Å²) in [5.41, 5.74) is 1.34. The van der Waals surface area contributed by atoms with Gasteiger partial charge in [-0.05, 0) is 24.5 Å². The van der Waals surface area contributed by atoms with E-state index in [9.17, 15) is 14.7 Å². The third-order valence-electron chi connectivity index (χ3n) is 6.04. The van der Waals surface area contributed by atoms with Gasteiger partial charge in [0.15, 0.2) is 11.4 Å². The molecule has 0 aliphatic carbocycles. The van der Waals surface area contributed by atoms with Crippen molar-refractivity contribution >= 4 is 5.91 Å². The molecule has 1 aromatic heterocycles. The van der Waals surface area contributed by atoms with Crippen molar-refractivity contribution < 1.29 is 14.6 Å². The molecule has 2 aliphatic rings. The van der Waals surface area contributed by atoms with E-state index >= 15 is 0 Å². The molecule has 3 aromatic rings. The summed E-state index contributed by atoms with van der Waals surface area (Å²) in [6.07, 6.45) is 7.07. The van der Waals surface area contributed by atoms with Crippen LogP contribution in [0.5, 0.6) is 11.5 Å². The number of carbonyl (C=O) groups excluding carboxylic acids is 1. The van der Waals surface area contributed by atoms with Crippen LogP contribution >= 0.6 is 0 Å². The Labute approximate surface area is 199 Å². The second kappa shape index (κ2) is 9.87. The normalized spacial score (nSPS) is 18.7. The van der Waals surface area contributed by atoms with Gasteiger partial charge in [-0.3, -0.25) is 19.3 Å². The predicted molar refractivity (Wildman–Crippen MR) is 132 cm³/mol. The van der Waals surface area contributed by atoms with Crippen LogP contribution in [0.25, 0.3) is 0 Å². The molecule has 5 rings (SSSR count). The number of para-hydroxylation sites is 1. The maximum absolute atomic E-state index is 13.3. The lowest BCUT2D eigenvalue weighted by molar-refractivity contribution is 0.0683. The van der Waals surface area contributed by atoms with Gasteiger partial charge in [-0.1, -0.05) is 68.1 Å². The molecule has 0 saturated carbocycles. The summed E-state index contributed by atoms with van der Waals surface area (Å²) in [4.78, 5) is 27.2. The number of hydrogen-bond donors (Lipinski definition) is 1. The van der Waals surface area contributed by atoms with Crippen LogP contribution in [0.3, 0.4) is 0 Å². The lowest BCUT2D eigenvalue weighted by Gasteiger charge is -2.44. The van der Waals surface area contributed by atoms with Crippen molar-refractivity contribution in [1.82, 2.24) is 9.58 Å². The quantitative estimate of drug-likeness (QED) is 0.556. The van der Waals surface area contributed by atoms with Crippen LogP contribution in [-0.2, 0) is 0 Å². The molecule has 3 heterocycles. The number of fused-ring (bicyclic) bond motifs is 5. The van der Waals surface area contributed by atoms with E-state index in [1.165, 1.54) is 6.07 Å². The highest BCUT2D eigenvalue weighted by Crippen LogP contribution is 2.36. The van der Waals surface area contributed by atoms with Crippen molar-refractivity contribution in [2.45, 2.75) is 26.3 Å². The lowest BCUT2D eigenvalue weighted by Crippen LogP contribution is -2.55. The molecule has 0 spiro atoms. The fourth-order valence-electron chi connectivity index (χ4n) is 4.45. The van der Waals surface area contributed by atoms with Crippen LogP contribution in [0.4, 0.5) is 0 Å². The number of ether oxygens (including phenoxy) is 1. The predicted octanol–water partition coefficient (Wildman–Crippen LogP) is 4.06. The first-order valence-electron chi connectivity index (χ1n) is 11.1. The number of nitrogens with zero attached hydrogens (tertiary/aromatic N) is 3. The van der Waals surface area contributed by atoms with Crippen molar-refractivity contribution in [3.8, 4) is 11.5 Å². The summed E-state index contributed by atoms with van der Waals surface area (Å²) < 4.78 is 7.79. The number of pyridine rings is 1. The van der Waals surface area contributed by atoms with Gasteiger partial charge in [0.05, 0.1) is 6.61 Å². The van der Waals surface area contributed by atoms with E-state index in [2.05, 4.69) is 6.08 Å². The molecule has 34 heavy (non-hydrogen) atoms. The number of aromatic nitrogens is 1. The number of amides is 1. The average Bonchev–Trinajstić information content (AvgIpc) is 2.85. The number of carbonyl (C=O) groups is 1. The zero-order chi connectivity index (χ0) is 22.8. The minimum Gasteiger partial charge on any atom is -0.502 e. The topological polar surface area (TPSA) is 75.0 Å². The van der Waals surface area contributed by atoms with Crippen molar-refractivity contribution in [2.75, 3.05) is 24.8 Å². The summed E-state index contributed by atoms with van der Waals surface area (Å²) in [7, 11) is 0. The Kier molecular flexibility index (Phi) is 6.72. The van der Waals surface area contributed by atoms with Gasteiger partial charge in [0.2, 0.25) is 5.43 Å². The molecule has 1 amide bonds. The van der Waals surface area contributed by atoms with Gasteiger partial charge in [0.1, 0.15) is 18.5 Å². The lowest BCUT2D eigenvalue weighted by atomic mass is 9.97. The molecular formula is C27H29N3O4. The zero-order valence-corrected chi connectivity index (χ0v) is 18.1. The van der Waals surface area contributed by atoms with Crippen LogP contribution in [0, 0.1) is 0 Å². The summed E-state index contributed by atoms with van der Waals surface area (Å²) in [5.74, 6) is -0.135. The van der Waals surface area contributed by atoms with Crippen LogP contribution in [-0.4, -0.2) is 40.4 Å². The molecule has 2 aliphatic heterocycles. The van der Waals surface area contributed by atoms with E-state index in [-0.39, 0.29) is 31.7 Å². The second-order valence-electron chi connectivity index (χ2n) is 8.12. The molecule has 1 N–H and O–H groups in total. The molecule has 7 heteroatoms. The van der Waals surface area contributed by atoms with Crippen LogP contribution < -0.4 is 15.2 Å².